The molecule has 2 N–H and O–H groups in total. The smallest absolute Gasteiger partial charge is 0.175 e. The fourth-order valence-electron chi connectivity index (χ4n) is 1.64. The quantitative estimate of drug-likeness (QED) is 0.800. The van der Waals surface area contributed by atoms with Gasteiger partial charge in [0.1, 0.15) is 5.82 Å². The van der Waals surface area contributed by atoms with Gasteiger partial charge in [-0.1, -0.05) is 23.8 Å². The molecule has 0 aromatic heterocycles. The topological polar surface area (TPSA) is 24.1 Å². The molecule has 2 aromatic carbocycles. The van der Waals surface area contributed by atoms with E-state index >= 15 is 0 Å². The van der Waals surface area contributed by atoms with Crippen LogP contribution in [0.1, 0.15) is 11.1 Å². The Morgan fingerprint density at radius 2 is 1.58 bits per heavy atom. The molecule has 0 amide bonds. The zero-order chi connectivity index (χ0) is 13.8. The summed E-state index contributed by atoms with van der Waals surface area (Å²) in [4.78, 5) is 0. The summed E-state index contributed by atoms with van der Waals surface area (Å²) < 4.78 is 13.7. The van der Waals surface area contributed by atoms with Gasteiger partial charge in [0, 0.05) is 5.69 Å². The zero-order valence-electron chi connectivity index (χ0n) is 10.8. The third kappa shape index (κ3) is 3.76. The fourth-order valence-corrected chi connectivity index (χ4v) is 1.87. The monoisotopic (exact) mass is 274 g/mol. The van der Waals surface area contributed by atoms with Crippen LogP contribution in [0.5, 0.6) is 0 Å². The van der Waals surface area contributed by atoms with E-state index in [-0.39, 0.29) is 5.82 Å². The van der Waals surface area contributed by atoms with Gasteiger partial charge in [0.25, 0.3) is 0 Å². The number of rotatable bonds is 2. The Labute approximate surface area is 117 Å². The second kappa shape index (κ2) is 5.80. The Balaban J connectivity index is 2.03. The van der Waals surface area contributed by atoms with Gasteiger partial charge in [-0.2, -0.15) is 0 Å². The lowest BCUT2D eigenvalue weighted by Crippen LogP contribution is -2.19. The van der Waals surface area contributed by atoms with E-state index in [0.29, 0.717) is 10.8 Å². The Hall–Kier alpha value is -1.94. The molecule has 0 unspecified atom stereocenters. The molecule has 0 radical (unpaired) electrons. The average molecular weight is 274 g/mol. The van der Waals surface area contributed by atoms with Gasteiger partial charge in [-0.25, -0.2) is 4.39 Å². The number of nitrogens with one attached hydrogen (secondary N) is 2. The minimum atomic E-state index is -0.312. The van der Waals surface area contributed by atoms with Crippen LogP contribution in [0.3, 0.4) is 0 Å². The summed E-state index contributed by atoms with van der Waals surface area (Å²) in [5.74, 6) is -0.312. The van der Waals surface area contributed by atoms with E-state index in [9.17, 15) is 4.39 Å². The van der Waals surface area contributed by atoms with Crippen LogP contribution < -0.4 is 10.6 Å². The highest BCUT2D eigenvalue weighted by atomic mass is 32.1. The molecule has 0 aliphatic heterocycles. The van der Waals surface area contributed by atoms with Crippen LogP contribution in [-0.2, 0) is 0 Å². The lowest BCUT2D eigenvalue weighted by Gasteiger charge is -2.11. The summed E-state index contributed by atoms with van der Waals surface area (Å²) in [6.45, 7) is 3.86. The molecular weight excluding hydrogens is 259 g/mol. The number of benzene rings is 2. The molecule has 0 saturated heterocycles. The molecule has 4 heteroatoms. The minimum absolute atomic E-state index is 0.312. The van der Waals surface area contributed by atoms with Gasteiger partial charge in [0.05, 0.1) is 5.69 Å². The van der Waals surface area contributed by atoms with Crippen LogP contribution in [0, 0.1) is 19.7 Å². The third-order valence-electron chi connectivity index (χ3n) is 2.68. The van der Waals surface area contributed by atoms with E-state index in [4.69, 9.17) is 12.2 Å². The fraction of sp³-hybridized carbons (Fsp3) is 0.133. The summed E-state index contributed by atoms with van der Waals surface area (Å²) in [5.41, 5.74) is 3.29. The van der Waals surface area contributed by atoms with Crippen molar-refractivity contribution in [3.63, 3.8) is 0 Å². The molecule has 0 bridgehead atoms. The van der Waals surface area contributed by atoms with E-state index in [2.05, 4.69) is 10.6 Å². The lowest BCUT2D eigenvalue weighted by molar-refractivity contribution is 0.631. The van der Waals surface area contributed by atoms with Crippen LogP contribution in [0.4, 0.5) is 15.8 Å². The van der Waals surface area contributed by atoms with Crippen molar-refractivity contribution >= 4 is 28.7 Å². The zero-order valence-corrected chi connectivity index (χ0v) is 11.6. The summed E-state index contributed by atoms with van der Waals surface area (Å²) in [6.07, 6.45) is 0. The highest BCUT2D eigenvalue weighted by molar-refractivity contribution is 7.80. The molecular formula is C15H15FN2S. The normalized spacial score (nSPS) is 10.1. The molecule has 0 aliphatic rings. The first-order chi connectivity index (χ1) is 9.04. The van der Waals surface area contributed by atoms with Crippen molar-refractivity contribution in [2.24, 2.45) is 0 Å². The maximum atomic E-state index is 13.7. The predicted octanol–water partition coefficient (Wildman–Crippen LogP) is 4.25. The maximum absolute atomic E-state index is 13.7. The Morgan fingerprint density at radius 3 is 2.21 bits per heavy atom. The number of anilines is 2. The SMILES string of the molecule is Cc1ccc(NC(=S)Nc2ccc(C)cc2F)cc1. The summed E-state index contributed by atoms with van der Waals surface area (Å²) in [5, 5.41) is 6.23. The van der Waals surface area contributed by atoms with Crippen molar-refractivity contribution in [2.75, 3.05) is 10.6 Å². The molecule has 2 nitrogen and oxygen atoms in total. The van der Waals surface area contributed by atoms with Crippen LogP contribution in [0.15, 0.2) is 42.5 Å². The highest BCUT2D eigenvalue weighted by Gasteiger charge is 2.04. The first-order valence-electron chi connectivity index (χ1n) is 5.95. The second-order valence-electron chi connectivity index (χ2n) is 4.43. The van der Waals surface area contributed by atoms with Gasteiger partial charge in [0.15, 0.2) is 5.11 Å². The molecule has 0 atom stereocenters. The first kappa shape index (κ1) is 13.5. The summed E-state index contributed by atoms with van der Waals surface area (Å²) >= 11 is 5.15. The molecule has 19 heavy (non-hydrogen) atoms. The van der Waals surface area contributed by atoms with Gasteiger partial charge in [0.2, 0.25) is 0 Å². The van der Waals surface area contributed by atoms with Gasteiger partial charge in [-0.05, 0) is 55.9 Å². The Kier molecular flexibility index (Phi) is 4.12. The number of hydrogen-bond acceptors (Lipinski definition) is 1. The first-order valence-corrected chi connectivity index (χ1v) is 6.36. The molecule has 98 valence electrons. The van der Waals surface area contributed by atoms with E-state index in [1.54, 1.807) is 6.07 Å². The third-order valence-corrected chi connectivity index (χ3v) is 2.89. The van der Waals surface area contributed by atoms with Crippen molar-refractivity contribution in [1.29, 1.82) is 0 Å². The lowest BCUT2D eigenvalue weighted by atomic mass is 10.2. The molecule has 0 aliphatic carbocycles. The van der Waals surface area contributed by atoms with E-state index in [0.717, 1.165) is 11.3 Å². The Bertz CT molecular complexity index is 594. The van der Waals surface area contributed by atoms with Crippen LogP contribution in [0.25, 0.3) is 0 Å². The number of thiocarbonyl (C=S) groups is 1. The van der Waals surface area contributed by atoms with Crippen molar-refractivity contribution in [1.82, 2.24) is 0 Å². The van der Waals surface area contributed by atoms with Gasteiger partial charge < -0.3 is 10.6 Å². The Morgan fingerprint density at radius 1 is 0.947 bits per heavy atom. The standard InChI is InChI=1S/C15H15FN2S/c1-10-3-6-12(7-4-10)17-15(19)18-14-8-5-11(2)9-13(14)16/h3-9H,1-2H3,(H2,17,18,19). The maximum Gasteiger partial charge on any atom is 0.175 e. The largest absolute Gasteiger partial charge is 0.332 e. The van der Waals surface area contributed by atoms with Crippen LogP contribution >= 0.6 is 12.2 Å². The molecule has 2 rings (SSSR count). The summed E-state index contributed by atoms with van der Waals surface area (Å²) in [7, 11) is 0. The second-order valence-corrected chi connectivity index (χ2v) is 4.84. The van der Waals surface area contributed by atoms with E-state index < -0.39 is 0 Å². The summed E-state index contributed by atoms with van der Waals surface area (Å²) in [6, 6.07) is 12.8. The number of halogens is 1. The molecule has 0 saturated carbocycles. The van der Waals surface area contributed by atoms with Crippen molar-refractivity contribution in [3.05, 3.63) is 59.4 Å². The molecule has 2 aromatic rings. The number of hydrogen-bond donors (Lipinski definition) is 2. The van der Waals surface area contributed by atoms with Crippen molar-refractivity contribution in [3.8, 4) is 0 Å². The highest BCUT2D eigenvalue weighted by Crippen LogP contribution is 2.16. The van der Waals surface area contributed by atoms with Crippen molar-refractivity contribution in [2.45, 2.75) is 13.8 Å². The molecule has 0 heterocycles. The molecule has 0 spiro atoms. The number of aryl methyl sites for hydroxylation is 2. The molecule has 0 fully saturated rings. The average Bonchev–Trinajstić information content (AvgIpc) is 2.36. The van der Waals surface area contributed by atoms with Gasteiger partial charge in [-0.15, -0.1) is 0 Å². The van der Waals surface area contributed by atoms with Crippen LogP contribution in [-0.4, -0.2) is 5.11 Å². The minimum Gasteiger partial charge on any atom is -0.332 e. The predicted molar refractivity (Wildman–Crippen MR) is 82.2 cm³/mol. The van der Waals surface area contributed by atoms with Crippen LogP contribution in [0.2, 0.25) is 0 Å². The van der Waals surface area contributed by atoms with Gasteiger partial charge in [-0.3, -0.25) is 0 Å². The van der Waals surface area contributed by atoms with E-state index in [1.807, 2.05) is 44.2 Å². The van der Waals surface area contributed by atoms with E-state index in [1.165, 1.54) is 11.6 Å². The van der Waals surface area contributed by atoms with Gasteiger partial charge >= 0.3 is 0 Å². The van der Waals surface area contributed by atoms with Crippen molar-refractivity contribution < 1.29 is 4.39 Å².